The summed E-state index contributed by atoms with van der Waals surface area (Å²) in [6.07, 6.45) is 0.780. The summed E-state index contributed by atoms with van der Waals surface area (Å²) in [4.78, 5) is 18.1. The first-order valence-corrected chi connectivity index (χ1v) is 10.9. The normalized spacial score (nSPS) is 14.6. The maximum atomic E-state index is 13.0. The molecule has 0 spiro atoms. The van der Waals surface area contributed by atoms with Gasteiger partial charge < -0.3 is 9.84 Å². The molecule has 0 saturated heterocycles. The lowest BCUT2D eigenvalue weighted by atomic mass is 10.0. The Morgan fingerprint density at radius 3 is 2.72 bits per heavy atom. The number of hydrogen-bond acceptors (Lipinski definition) is 4. The quantitative estimate of drug-likeness (QED) is 0.531. The second kappa shape index (κ2) is 9.67. The van der Waals surface area contributed by atoms with Crippen LogP contribution >= 0.6 is 11.6 Å². The molecule has 0 bridgehead atoms. The summed E-state index contributed by atoms with van der Waals surface area (Å²) in [6, 6.07) is 15.8. The van der Waals surface area contributed by atoms with Crippen molar-refractivity contribution in [2.45, 2.75) is 26.5 Å². The van der Waals surface area contributed by atoms with E-state index >= 15 is 0 Å². The number of carboxylic acid groups (broad SMARTS) is 1. The largest absolute Gasteiger partial charge is 0.487 e. The van der Waals surface area contributed by atoms with Crippen LogP contribution in [0.3, 0.4) is 0 Å². The molecular formula is C25H24ClFN2O3. The van der Waals surface area contributed by atoms with Gasteiger partial charge in [0.2, 0.25) is 0 Å². The Kier molecular flexibility index (Phi) is 6.72. The lowest BCUT2D eigenvalue weighted by Gasteiger charge is -2.29. The van der Waals surface area contributed by atoms with Crippen molar-refractivity contribution in [2.75, 3.05) is 13.1 Å². The fraction of sp³-hybridized carbons (Fsp3) is 0.280. The molecule has 7 heteroatoms. The van der Waals surface area contributed by atoms with E-state index in [2.05, 4.69) is 11.0 Å². The summed E-state index contributed by atoms with van der Waals surface area (Å²) < 4.78 is 18.8. The first-order chi connectivity index (χ1) is 15.4. The average molecular weight is 455 g/mol. The highest BCUT2D eigenvalue weighted by atomic mass is 35.5. The van der Waals surface area contributed by atoms with Gasteiger partial charge in [-0.1, -0.05) is 36.7 Å². The molecule has 1 N–H and O–H groups in total. The zero-order valence-electron chi connectivity index (χ0n) is 17.7. The molecule has 1 aromatic heterocycles. The van der Waals surface area contributed by atoms with Gasteiger partial charge in [0, 0.05) is 37.3 Å². The predicted octanol–water partition coefficient (Wildman–Crippen LogP) is 5.20. The lowest BCUT2D eigenvalue weighted by molar-refractivity contribution is -0.141. The molecule has 4 rings (SSSR count). The highest BCUT2D eigenvalue weighted by molar-refractivity contribution is 6.32. The van der Waals surface area contributed by atoms with Crippen molar-refractivity contribution >= 4 is 17.6 Å². The summed E-state index contributed by atoms with van der Waals surface area (Å²) >= 11 is 6.44. The first kappa shape index (κ1) is 22.2. The number of fused-ring (bicyclic) bond motifs is 1. The van der Waals surface area contributed by atoms with E-state index in [9.17, 15) is 9.18 Å². The predicted molar refractivity (Wildman–Crippen MR) is 121 cm³/mol. The first-order valence-electron chi connectivity index (χ1n) is 10.5. The fourth-order valence-corrected chi connectivity index (χ4v) is 4.01. The number of aliphatic carboxylic acids is 1. The minimum atomic E-state index is -0.772. The lowest BCUT2D eigenvalue weighted by Crippen LogP contribution is -2.36. The molecule has 1 unspecified atom stereocenters. The van der Waals surface area contributed by atoms with Crippen LogP contribution in [0.25, 0.3) is 11.3 Å². The third-order valence-electron chi connectivity index (χ3n) is 5.62. The molecule has 0 radical (unpaired) electrons. The van der Waals surface area contributed by atoms with Gasteiger partial charge in [0.05, 0.1) is 16.6 Å². The highest BCUT2D eigenvalue weighted by Gasteiger charge is 2.22. The number of nitrogens with zero attached hydrogens (tertiary/aromatic N) is 2. The van der Waals surface area contributed by atoms with E-state index in [0.717, 1.165) is 41.0 Å². The smallest absolute Gasteiger partial charge is 0.307 e. The minimum absolute atomic E-state index is 0.281. The van der Waals surface area contributed by atoms with Crippen LogP contribution in [0.4, 0.5) is 4.39 Å². The number of carboxylic acids is 1. The van der Waals surface area contributed by atoms with E-state index in [1.165, 1.54) is 12.1 Å². The number of rotatable bonds is 7. The van der Waals surface area contributed by atoms with Crippen LogP contribution in [0.5, 0.6) is 5.75 Å². The third kappa shape index (κ3) is 5.26. The molecule has 1 aliphatic heterocycles. The Bertz CT molecular complexity index is 1120. The molecule has 5 nitrogen and oxygen atoms in total. The van der Waals surface area contributed by atoms with Crippen LogP contribution in [-0.4, -0.2) is 34.0 Å². The Hall–Kier alpha value is -2.96. The molecule has 0 fully saturated rings. The summed E-state index contributed by atoms with van der Waals surface area (Å²) in [5, 5.41) is 9.63. The summed E-state index contributed by atoms with van der Waals surface area (Å²) in [7, 11) is 0. The van der Waals surface area contributed by atoms with E-state index in [1.54, 1.807) is 19.1 Å². The molecule has 0 saturated carbocycles. The average Bonchev–Trinajstić information content (AvgIpc) is 2.79. The Morgan fingerprint density at radius 2 is 2.00 bits per heavy atom. The van der Waals surface area contributed by atoms with Gasteiger partial charge in [-0.15, -0.1) is 0 Å². The van der Waals surface area contributed by atoms with Gasteiger partial charge in [-0.3, -0.25) is 14.7 Å². The van der Waals surface area contributed by atoms with Crippen molar-refractivity contribution in [3.05, 3.63) is 82.3 Å². The van der Waals surface area contributed by atoms with Crippen molar-refractivity contribution in [2.24, 2.45) is 5.92 Å². The van der Waals surface area contributed by atoms with Gasteiger partial charge in [0.1, 0.15) is 18.2 Å². The van der Waals surface area contributed by atoms with E-state index in [-0.39, 0.29) is 5.82 Å². The van der Waals surface area contributed by atoms with Crippen LogP contribution in [-0.2, 0) is 24.4 Å². The number of benzene rings is 2. The van der Waals surface area contributed by atoms with E-state index < -0.39 is 11.9 Å². The topological polar surface area (TPSA) is 62.7 Å². The third-order valence-corrected chi connectivity index (χ3v) is 5.91. The molecule has 166 valence electrons. The second-order valence-corrected chi connectivity index (χ2v) is 8.49. The number of halogens is 2. The summed E-state index contributed by atoms with van der Waals surface area (Å²) in [6.45, 7) is 4.06. The molecule has 32 heavy (non-hydrogen) atoms. The van der Waals surface area contributed by atoms with Crippen molar-refractivity contribution in [1.82, 2.24) is 9.88 Å². The standard InChI is InChI=1S/C25H24ClFN2O3/c1-16(25(30)31)13-29-11-10-23-19(14-29)4-8-22(28-23)18-5-9-24(21(26)12-18)32-15-17-2-6-20(27)7-3-17/h2-9,12,16H,10-11,13-15H2,1H3,(H,30,31). The minimum Gasteiger partial charge on any atom is -0.487 e. The number of ether oxygens (including phenoxy) is 1. The van der Waals surface area contributed by atoms with E-state index in [1.807, 2.05) is 24.3 Å². The van der Waals surface area contributed by atoms with Crippen LogP contribution < -0.4 is 4.74 Å². The van der Waals surface area contributed by atoms with Crippen LogP contribution in [0.2, 0.25) is 5.02 Å². The molecule has 3 aromatic rings. The zero-order chi connectivity index (χ0) is 22.7. The van der Waals surface area contributed by atoms with Crippen molar-refractivity contribution in [3.63, 3.8) is 0 Å². The fourth-order valence-electron chi connectivity index (χ4n) is 3.78. The Morgan fingerprint density at radius 1 is 1.22 bits per heavy atom. The van der Waals surface area contributed by atoms with Gasteiger partial charge in [-0.25, -0.2) is 4.39 Å². The summed E-state index contributed by atoms with van der Waals surface area (Å²) in [5.41, 5.74) is 4.75. The Balaban J connectivity index is 1.43. The van der Waals surface area contributed by atoms with E-state index in [4.69, 9.17) is 26.4 Å². The zero-order valence-corrected chi connectivity index (χ0v) is 18.5. The van der Waals surface area contributed by atoms with Gasteiger partial charge in [0.25, 0.3) is 0 Å². The van der Waals surface area contributed by atoms with Crippen molar-refractivity contribution < 1.29 is 19.0 Å². The number of carbonyl (C=O) groups is 1. The van der Waals surface area contributed by atoms with E-state index in [0.29, 0.717) is 30.5 Å². The molecule has 1 atom stereocenters. The van der Waals surface area contributed by atoms with Gasteiger partial charge in [-0.05, 0) is 47.5 Å². The number of aromatic nitrogens is 1. The molecular weight excluding hydrogens is 431 g/mol. The molecule has 2 aromatic carbocycles. The molecule has 0 amide bonds. The Labute approximate surface area is 191 Å². The molecule has 2 heterocycles. The maximum Gasteiger partial charge on any atom is 0.307 e. The highest BCUT2D eigenvalue weighted by Crippen LogP contribution is 2.31. The van der Waals surface area contributed by atoms with Crippen LogP contribution in [0, 0.1) is 11.7 Å². The SMILES string of the molecule is CC(CN1CCc2nc(-c3ccc(OCc4ccc(F)cc4)c(Cl)c3)ccc2C1)C(=O)O. The van der Waals surface area contributed by atoms with Crippen LogP contribution in [0.15, 0.2) is 54.6 Å². The van der Waals surface area contributed by atoms with Crippen LogP contribution in [0.1, 0.15) is 23.7 Å². The van der Waals surface area contributed by atoms with Crippen molar-refractivity contribution in [1.29, 1.82) is 0 Å². The molecule has 0 aliphatic carbocycles. The summed E-state index contributed by atoms with van der Waals surface area (Å²) in [5.74, 6) is -0.891. The van der Waals surface area contributed by atoms with Gasteiger partial charge >= 0.3 is 5.97 Å². The molecule has 1 aliphatic rings. The maximum absolute atomic E-state index is 13.0. The van der Waals surface area contributed by atoms with Crippen molar-refractivity contribution in [3.8, 4) is 17.0 Å². The number of hydrogen-bond donors (Lipinski definition) is 1. The van der Waals surface area contributed by atoms with Gasteiger partial charge in [0.15, 0.2) is 0 Å². The monoisotopic (exact) mass is 454 g/mol. The number of pyridine rings is 1. The second-order valence-electron chi connectivity index (χ2n) is 8.09. The van der Waals surface area contributed by atoms with Gasteiger partial charge in [-0.2, -0.15) is 0 Å².